The molecule has 2 heterocycles. The third-order valence-electron chi connectivity index (χ3n) is 7.82. The lowest BCUT2D eigenvalue weighted by Crippen LogP contribution is -2.46. The number of carboxylic acid groups (broad SMARTS) is 1. The summed E-state index contributed by atoms with van der Waals surface area (Å²) in [6.45, 7) is 0.482. The number of pyridine rings is 1. The van der Waals surface area contributed by atoms with E-state index in [1.807, 2.05) is 35.2 Å². The van der Waals surface area contributed by atoms with Crippen LogP contribution in [0, 0.1) is 5.92 Å². The van der Waals surface area contributed by atoms with Crippen LogP contribution in [0.1, 0.15) is 42.5 Å². The number of likely N-dealkylation sites (N-methyl/N-ethyl adjacent to an activating group) is 1. The number of halogens is 1. The van der Waals surface area contributed by atoms with Crippen molar-refractivity contribution in [2.75, 3.05) is 18.5 Å². The molecule has 0 bridgehead atoms. The van der Waals surface area contributed by atoms with Gasteiger partial charge in [0.15, 0.2) is 0 Å². The number of aromatic carboxylic acids is 1. The van der Waals surface area contributed by atoms with Gasteiger partial charge in [-0.1, -0.05) is 49.1 Å². The Morgan fingerprint density at radius 3 is 2.37 bits per heavy atom. The topological polar surface area (TPSA) is 99.9 Å². The van der Waals surface area contributed by atoms with Gasteiger partial charge in [0.2, 0.25) is 10.0 Å². The molecule has 200 valence electrons. The van der Waals surface area contributed by atoms with Crippen molar-refractivity contribution in [1.82, 2.24) is 8.87 Å². The molecule has 1 atom stereocenters. The van der Waals surface area contributed by atoms with Crippen molar-refractivity contribution >= 4 is 39.0 Å². The summed E-state index contributed by atoms with van der Waals surface area (Å²) in [7, 11) is -0.841. The highest BCUT2D eigenvalue weighted by molar-refractivity contribution is 7.89. The van der Waals surface area contributed by atoms with Gasteiger partial charge in [-0.2, -0.15) is 4.31 Å². The lowest BCUT2D eigenvalue weighted by atomic mass is 9.83. The first-order valence-electron chi connectivity index (χ1n) is 12.7. The Morgan fingerprint density at radius 1 is 1.03 bits per heavy atom. The Hall–Kier alpha value is -3.14. The van der Waals surface area contributed by atoms with Gasteiger partial charge in [0, 0.05) is 49.7 Å². The molecule has 3 aromatic rings. The monoisotopic (exact) mass is 555 g/mol. The fourth-order valence-electron chi connectivity index (χ4n) is 5.75. The van der Waals surface area contributed by atoms with Crippen molar-refractivity contribution < 1.29 is 18.3 Å². The van der Waals surface area contributed by atoms with E-state index in [2.05, 4.69) is 0 Å². The van der Waals surface area contributed by atoms with Gasteiger partial charge >= 0.3 is 5.97 Å². The fraction of sp³-hybridized carbons (Fsp3) is 0.357. The minimum Gasteiger partial charge on any atom is -0.477 e. The Labute approximate surface area is 227 Å². The molecule has 0 spiro atoms. The molecule has 1 aromatic heterocycles. The van der Waals surface area contributed by atoms with Gasteiger partial charge in [0.05, 0.1) is 10.7 Å². The number of para-hydroxylation sites is 1. The van der Waals surface area contributed by atoms with Crippen molar-refractivity contribution in [3.63, 3.8) is 0 Å². The molecule has 38 heavy (non-hydrogen) atoms. The summed E-state index contributed by atoms with van der Waals surface area (Å²) in [5.41, 5.74) is 0.931. The van der Waals surface area contributed by atoms with Crippen LogP contribution in [0.25, 0.3) is 11.1 Å². The lowest BCUT2D eigenvalue weighted by molar-refractivity contribution is 0.0694. The highest BCUT2D eigenvalue weighted by atomic mass is 35.5. The molecule has 5 rings (SSSR count). The summed E-state index contributed by atoms with van der Waals surface area (Å²) >= 11 is 6.77. The number of carboxylic acids is 1. The van der Waals surface area contributed by atoms with Gasteiger partial charge in [-0.15, -0.1) is 0 Å². The van der Waals surface area contributed by atoms with Crippen LogP contribution >= 0.6 is 11.6 Å². The van der Waals surface area contributed by atoms with Gasteiger partial charge < -0.3 is 14.6 Å². The molecule has 1 aliphatic heterocycles. The predicted octanol–water partition coefficient (Wildman–Crippen LogP) is 5.13. The molecule has 0 radical (unpaired) electrons. The van der Waals surface area contributed by atoms with E-state index in [1.165, 1.54) is 36.1 Å². The van der Waals surface area contributed by atoms with E-state index < -0.39 is 27.1 Å². The van der Waals surface area contributed by atoms with Crippen LogP contribution in [0.5, 0.6) is 0 Å². The molecule has 10 heteroatoms. The minimum absolute atomic E-state index is 0.0901. The van der Waals surface area contributed by atoms with E-state index in [0.29, 0.717) is 23.4 Å². The van der Waals surface area contributed by atoms with Crippen LogP contribution in [-0.4, -0.2) is 48.0 Å². The molecule has 0 unspecified atom stereocenters. The van der Waals surface area contributed by atoms with Gasteiger partial charge in [0.1, 0.15) is 10.5 Å². The number of hydrogen-bond donors (Lipinski definition) is 1. The SMILES string of the molecule is CN1[C@H](C2CCCCC2)CN(c2ccccc2)c2cc(Cl)c(-c3cc(C(=O)O)c(=O)n(C)c3)cc2S1(=O)=O. The first-order chi connectivity index (χ1) is 18.1. The summed E-state index contributed by atoms with van der Waals surface area (Å²) in [6.07, 6.45) is 6.76. The maximum absolute atomic E-state index is 14.2. The third-order valence-corrected chi connectivity index (χ3v) is 10.0. The second-order valence-electron chi connectivity index (χ2n) is 10.1. The van der Waals surface area contributed by atoms with Crippen LogP contribution in [0.3, 0.4) is 0 Å². The predicted molar refractivity (Wildman–Crippen MR) is 148 cm³/mol. The Kier molecular flexibility index (Phi) is 7.11. The average Bonchev–Trinajstić information content (AvgIpc) is 2.98. The van der Waals surface area contributed by atoms with Crippen molar-refractivity contribution in [2.24, 2.45) is 13.0 Å². The largest absolute Gasteiger partial charge is 0.477 e. The van der Waals surface area contributed by atoms with Gasteiger partial charge in [-0.05, 0) is 49.1 Å². The third kappa shape index (κ3) is 4.63. The van der Waals surface area contributed by atoms with Crippen molar-refractivity contribution in [3.8, 4) is 11.1 Å². The highest BCUT2D eigenvalue weighted by Crippen LogP contribution is 2.44. The van der Waals surface area contributed by atoms with Crippen molar-refractivity contribution in [2.45, 2.75) is 43.0 Å². The Balaban J connectivity index is 1.73. The standard InChI is InChI=1S/C28H30ClN3O5S/c1-30-16-19(13-22(27(30)33)28(34)35)21-14-26-24(15-23(21)29)32(20-11-7-4-8-12-20)17-25(31(2)38(26,36)37)18-9-5-3-6-10-18/h4,7-8,11-16,18,25H,3,5-6,9-10,17H2,1-2H3,(H,34,35)/t25-/m0/s1. The molecule has 1 saturated carbocycles. The van der Waals surface area contributed by atoms with E-state index in [4.69, 9.17) is 11.6 Å². The van der Waals surface area contributed by atoms with Crippen LogP contribution in [-0.2, 0) is 17.1 Å². The molecule has 0 amide bonds. The molecule has 2 aliphatic rings. The number of rotatable bonds is 4. The van der Waals surface area contributed by atoms with Crippen LogP contribution in [0.15, 0.2) is 64.4 Å². The summed E-state index contributed by atoms with van der Waals surface area (Å²) in [5, 5.41) is 9.79. The Bertz CT molecular complexity index is 1550. The molecule has 2 aromatic carbocycles. The second-order valence-corrected chi connectivity index (χ2v) is 12.5. The molecule has 1 fully saturated rings. The Morgan fingerprint density at radius 2 is 1.71 bits per heavy atom. The number of aryl methyl sites for hydroxylation is 1. The number of aromatic nitrogens is 1. The number of carbonyl (C=O) groups is 1. The van der Waals surface area contributed by atoms with Gasteiger partial charge in [-0.3, -0.25) is 4.79 Å². The number of nitrogens with zero attached hydrogens (tertiary/aromatic N) is 3. The maximum Gasteiger partial charge on any atom is 0.341 e. The fourth-order valence-corrected chi connectivity index (χ4v) is 7.62. The minimum atomic E-state index is -3.94. The second kappa shape index (κ2) is 10.2. The smallest absolute Gasteiger partial charge is 0.341 e. The van der Waals surface area contributed by atoms with Crippen molar-refractivity contribution in [3.05, 3.63) is 75.7 Å². The zero-order chi connectivity index (χ0) is 27.2. The summed E-state index contributed by atoms with van der Waals surface area (Å²) in [4.78, 5) is 26.1. The molecule has 0 saturated heterocycles. The van der Waals surface area contributed by atoms with E-state index in [0.717, 1.165) is 35.9 Å². The first-order valence-corrected chi connectivity index (χ1v) is 14.5. The van der Waals surface area contributed by atoms with Gasteiger partial charge in [-0.25, -0.2) is 13.2 Å². The number of sulfonamides is 1. The van der Waals surface area contributed by atoms with E-state index in [9.17, 15) is 23.1 Å². The average molecular weight is 556 g/mol. The molecule has 1 N–H and O–H groups in total. The molecular weight excluding hydrogens is 526 g/mol. The van der Waals surface area contributed by atoms with Crippen LogP contribution in [0.4, 0.5) is 11.4 Å². The molecule has 1 aliphatic carbocycles. The zero-order valence-corrected chi connectivity index (χ0v) is 22.9. The number of benzene rings is 2. The normalized spacial score (nSPS) is 20.1. The van der Waals surface area contributed by atoms with Gasteiger partial charge in [0.25, 0.3) is 5.56 Å². The van der Waals surface area contributed by atoms with Crippen LogP contribution in [0.2, 0.25) is 5.02 Å². The van der Waals surface area contributed by atoms with E-state index >= 15 is 0 Å². The lowest BCUT2D eigenvalue weighted by Gasteiger charge is -2.36. The molecular formula is C28H30ClN3O5S. The number of anilines is 2. The van der Waals surface area contributed by atoms with Crippen LogP contribution < -0.4 is 10.5 Å². The summed E-state index contributed by atoms with van der Waals surface area (Å²) in [5.74, 6) is -1.13. The quantitative estimate of drug-likeness (QED) is 0.479. The van der Waals surface area contributed by atoms with Crippen molar-refractivity contribution in [1.29, 1.82) is 0 Å². The van der Waals surface area contributed by atoms with E-state index in [1.54, 1.807) is 13.1 Å². The molecule has 8 nitrogen and oxygen atoms in total. The summed E-state index contributed by atoms with van der Waals surface area (Å²) in [6, 6.07) is 13.8. The maximum atomic E-state index is 14.2. The highest BCUT2D eigenvalue weighted by Gasteiger charge is 2.41. The number of hydrogen-bond acceptors (Lipinski definition) is 5. The zero-order valence-electron chi connectivity index (χ0n) is 21.3. The number of fused-ring (bicyclic) bond motifs is 1. The first kappa shape index (κ1) is 26.5. The van der Waals surface area contributed by atoms with E-state index in [-0.39, 0.29) is 21.9 Å². The summed E-state index contributed by atoms with van der Waals surface area (Å²) < 4.78 is 31.0.